The average Bonchev–Trinajstić information content (AvgIpc) is 3.25. The third-order valence-electron chi connectivity index (χ3n) is 3.51. The van der Waals surface area contributed by atoms with Crippen LogP contribution < -0.4 is 5.32 Å². The Balaban J connectivity index is 1.86. The van der Waals surface area contributed by atoms with Crippen LogP contribution in [0.25, 0.3) is 5.95 Å². The Morgan fingerprint density at radius 1 is 1.36 bits per heavy atom. The van der Waals surface area contributed by atoms with Crippen LogP contribution in [0, 0.1) is 0 Å². The monoisotopic (exact) mass is 364 g/mol. The SMILES string of the molecule is C[C@@H](NC(=O)OC(C)(C)C)c1nc(C2CC2)nn1-c1ncc(Cl)cn1. The van der Waals surface area contributed by atoms with Gasteiger partial charge >= 0.3 is 6.09 Å². The number of halogens is 1. The molecule has 2 heterocycles. The average molecular weight is 365 g/mol. The van der Waals surface area contributed by atoms with Gasteiger partial charge in [0.25, 0.3) is 5.95 Å². The third-order valence-corrected chi connectivity index (χ3v) is 3.70. The number of aromatic nitrogens is 5. The minimum Gasteiger partial charge on any atom is -0.444 e. The molecule has 2 aromatic heterocycles. The molecule has 0 bridgehead atoms. The zero-order chi connectivity index (χ0) is 18.2. The van der Waals surface area contributed by atoms with Crippen LogP contribution in [0.4, 0.5) is 4.79 Å². The van der Waals surface area contributed by atoms with Gasteiger partial charge in [-0.3, -0.25) is 0 Å². The van der Waals surface area contributed by atoms with Crippen LogP contribution in [-0.2, 0) is 4.74 Å². The van der Waals surface area contributed by atoms with Gasteiger partial charge in [-0.1, -0.05) is 11.6 Å². The van der Waals surface area contributed by atoms with Crippen LogP contribution in [0.2, 0.25) is 5.02 Å². The molecule has 2 aromatic rings. The van der Waals surface area contributed by atoms with E-state index in [9.17, 15) is 4.79 Å². The first-order valence-corrected chi connectivity index (χ1v) is 8.55. The zero-order valence-corrected chi connectivity index (χ0v) is 15.4. The predicted molar refractivity (Wildman–Crippen MR) is 91.7 cm³/mol. The van der Waals surface area contributed by atoms with Gasteiger partial charge < -0.3 is 10.1 Å². The summed E-state index contributed by atoms with van der Waals surface area (Å²) in [5.74, 6) is 2.01. The molecule has 0 saturated heterocycles. The summed E-state index contributed by atoms with van der Waals surface area (Å²) in [6.45, 7) is 7.25. The second-order valence-electron chi connectivity index (χ2n) is 7.08. The van der Waals surface area contributed by atoms with Gasteiger partial charge in [-0.15, -0.1) is 5.10 Å². The smallest absolute Gasteiger partial charge is 0.408 e. The lowest BCUT2D eigenvalue weighted by atomic mass is 10.2. The number of hydrogen-bond acceptors (Lipinski definition) is 6. The maximum Gasteiger partial charge on any atom is 0.408 e. The molecule has 1 amide bonds. The standard InChI is InChI=1S/C16H21ClN6O2/c1-9(20-15(24)25-16(2,3)4)13-21-12(10-5-6-10)22-23(13)14-18-7-11(17)8-19-14/h7-10H,5-6H2,1-4H3,(H,20,24)/t9-/m1/s1. The number of nitrogens with zero attached hydrogens (tertiary/aromatic N) is 5. The summed E-state index contributed by atoms with van der Waals surface area (Å²) < 4.78 is 6.85. The number of hydrogen-bond donors (Lipinski definition) is 1. The molecule has 8 nitrogen and oxygen atoms in total. The van der Waals surface area contributed by atoms with E-state index >= 15 is 0 Å². The molecule has 1 saturated carbocycles. The van der Waals surface area contributed by atoms with E-state index in [2.05, 4.69) is 25.4 Å². The molecule has 1 fully saturated rings. The van der Waals surface area contributed by atoms with Crippen LogP contribution in [0.3, 0.4) is 0 Å². The third kappa shape index (κ3) is 4.45. The van der Waals surface area contributed by atoms with Crippen molar-refractivity contribution >= 4 is 17.7 Å². The Kier molecular flexibility index (Phi) is 4.64. The fourth-order valence-corrected chi connectivity index (χ4v) is 2.34. The van der Waals surface area contributed by atoms with E-state index in [4.69, 9.17) is 16.3 Å². The molecular weight excluding hydrogens is 344 g/mol. The molecule has 1 aliphatic rings. The Morgan fingerprint density at radius 3 is 2.56 bits per heavy atom. The quantitative estimate of drug-likeness (QED) is 0.895. The van der Waals surface area contributed by atoms with Crippen molar-refractivity contribution < 1.29 is 9.53 Å². The number of carbonyl (C=O) groups is 1. The summed E-state index contributed by atoms with van der Waals surface area (Å²) in [5.41, 5.74) is -0.573. The second kappa shape index (κ2) is 6.59. The topological polar surface area (TPSA) is 94.8 Å². The molecule has 1 N–H and O–H groups in total. The molecule has 0 radical (unpaired) electrons. The maximum atomic E-state index is 12.0. The fraction of sp³-hybridized carbons (Fsp3) is 0.562. The van der Waals surface area contributed by atoms with Crippen molar-refractivity contribution in [3.8, 4) is 5.95 Å². The Morgan fingerprint density at radius 2 is 2.00 bits per heavy atom. The van der Waals surface area contributed by atoms with Crippen LogP contribution in [0.1, 0.15) is 64.1 Å². The maximum absolute atomic E-state index is 12.0. The number of nitrogens with one attached hydrogen (secondary N) is 1. The van der Waals surface area contributed by atoms with E-state index in [1.54, 1.807) is 4.68 Å². The number of amides is 1. The van der Waals surface area contributed by atoms with Crippen LogP contribution in [0.15, 0.2) is 12.4 Å². The van der Waals surface area contributed by atoms with Crippen LogP contribution in [0.5, 0.6) is 0 Å². The first-order chi connectivity index (χ1) is 11.7. The van der Waals surface area contributed by atoms with Gasteiger partial charge in [0, 0.05) is 5.92 Å². The lowest BCUT2D eigenvalue weighted by molar-refractivity contribution is 0.0505. The largest absolute Gasteiger partial charge is 0.444 e. The Bertz CT molecular complexity index is 764. The van der Waals surface area contributed by atoms with Crippen molar-refractivity contribution in [2.75, 3.05) is 0 Å². The summed E-state index contributed by atoms with van der Waals surface area (Å²) in [4.78, 5) is 25.0. The Labute approximate surface area is 151 Å². The van der Waals surface area contributed by atoms with Crippen molar-refractivity contribution in [1.29, 1.82) is 0 Å². The number of rotatable bonds is 4. The van der Waals surface area contributed by atoms with Gasteiger partial charge in [-0.2, -0.15) is 4.68 Å². The highest BCUT2D eigenvalue weighted by atomic mass is 35.5. The molecule has 1 aliphatic carbocycles. The highest BCUT2D eigenvalue weighted by Crippen LogP contribution is 2.38. The van der Waals surface area contributed by atoms with Crippen molar-refractivity contribution in [1.82, 2.24) is 30.0 Å². The number of carbonyl (C=O) groups excluding carboxylic acids is 1. The minimum absolute atomic E-state index is 0.358. The van der Waals surface area contributed by atoms with Crippen molar-refractivity contribution in [2.24, 2.45) is 0 Å². The molecule has 25 heavy (non-hydrogen) atoms. The van der Waals surface area contributed by atoms with E-state index < -0.39 is 17.7 Å². The summed E-state index contributed by atoms with van der Waals surface area (Å²) in [7, 11) is 0. The molecule has 134 valence electrons. The van der Waals surface area contributed by atoms with E-state index in [1.807, 2.05) is 27.7 Å². The first kappa shape index (κ1) is 17.6. The highest BCUT2D eigenvalue weighted by molar-refractivity contribution is 6.30. The Hall–Kier alpha value is -2.22. The zero-order valence-electron chi connectivity index (χ0n) is 14.7. The molecule has 0 unspecified atom stereocenters. The van der Waals surface area contributed by atoms with Gasteiger partial charge in [0.2, 0.25) is 0 Å². The summed E-state index contributed by atoms with van der Waals surface area (Å²) in [6, 6.07) is -0.422. The summed E-state index contributed by atoms with van der Waals surface area (Å²) >= 11 is 5.85. The normalized spacial score (nSPS) is 15.7. The molecule has 0 aromatic carbocycles. The van der Waals surface area contributed by atoms with Gasteiger partial charge in [-0.05, 0) is 40.5 Å². The molecule has 9 heteroatoms. The van der Waals surface area contributed by atoms with Crippen molar-refractivity contribution in [3.05, 3.63) is 29.1 Å². The predicted octanol–water partition coefficient (Wildman–Crippen LogP) is 3.17. The summed E-state index contributed by atoms with van der Waals surface area (Å²) in [5, 5.41) is 7.74. The minimum atomic E-state index is -0.573. The lowest BCUT2D eigenvalue weighted by Crippen LogP contribution is -2.35. The number of alkyl carbamates (subject to hydrolysis) is 1. The number of ether oxygens (including phenoxy) is 1. The molecule has 0 spiro atoms. The summed E-state index contributed by atoms with van der Waals surface area (Å²) in [6.07, 6.45) is 4.62. The van der Waals surface area contributed by atoms with Crippen molar-refractivity contribution in [2.45, 2.75) is 58.1 Å². The molecule has 3 rings (SSSR count). The van der Waals surface area contributed by atoms with E-state index in [0.717, 1.165) is 18.7 Å². The second-order valence-corrected chi connectivity index (χ2v) is 7.52. The fourth-order valence-electron chi connectivity index (χ4n) is 2.25. The van der Waals surface area contributed by atoms with Gasteiger partial charge in [0.15, 0.2) is 11.6 Å². The molecular formula is C16H21ClN6O2. The molecule has 1 atom stereocenters. The van der Waals surface area contributed by atoms with E-state index in [0.29, 0.717) is 22.7 Å². The van der Waals surface area contributed by atoms with Gasteiger partial charge in [-0.25, -0.2) is 19.7 Å². The molecule has 0 aliphatic heterocycles. The van der Waals surface area contributed by atoms with Gasteiger partial charge in [0.1, 0.15) is 5.60 Å². The first-order valence-electron chi connectivity index (χ1n) is 8.17. The van der Waals surface area contributed by atoms with Crippen LogP contribution in [-0.4, -0.2) is 36.4 Å². The lowest BCUT2D eigenvalue weighted by Gasteiger charge is -2.21. The van der Waals surface area contributed by atoms with E-state index in [-0.39, 0.29) is 0 Å². The van der Waals surface area contributed by atoms with Gasteiger partial charge in [0.05, 0.1) is 23.5 Å². The van der Waals surface area contributed by atoms with Crippen LogP contribution >= 0.6 is 11.6 Å². The highest BCUT2D eigenvalue weighted by Gasteiger charge is 2.31. The van der Waals surface area contributed by atoms with E-state index in [1.165, 1.54) is 12.4 Å². The van der Waals surface area contributed by atoms with Crippen molar-refractivity contribution in [3.63, 3.8) is 0 Å².